The summed E-state index contributed by atoms with van der Waals surface area (Å²) in [6, 6.07) is 13.1. The van der Waals surface area contributed by atoms with Gasteiger partial charge >= 0.3 is 12.1 Å². The van der Waals surface area contributed by atoms with E-state index in [1.165, 1.54) is 36.2 Å². The lowest BCUT2D eigenvalue weighted by Crippen LogP contribution is -2.15. The van der Waals surface area contributed by atoms with Crippen LogP contribution in [0.15, 0.2) is 67.0 Å². The standard InChI is InChI=1S/C27H20ClF3N4O4S/c28-18-5-6-21(34-26(39)16-3-1-2-15(10-16)14-40-9-8-23(36)37)19(11-18)25(38)20-13-33-35-24(20)17-4-7-22(32-12-17)27(29,30)31/h1-7,10-13H,8-9,14H2,(H,33,35)(H,34,39)(H,36,37). The molecule has 0 atom stereocenters. The van der Waals surface area contributed by atoms with E-state index < -0.39 is 29.5 Å². The molecular weight excluding hydrogens is 569 g/mol. The summed E-state index contributed by atoms with van der Waals surface area (Å²) in [6.45, 7) is 0. The Balaban J connectivity index is 1.56. The number of alkyl halides is 3. The molecule has 0 unspecified atom stereocenters. The van der Waals surface area contributed by atoms with Crippen molar-refractivity contribution in [3.8, 4) is 11.3 Å². The number of rotatable bonds is 10. The van der Waals surface area contributed by atoms with Gasteiger partial charge in [0, 0.05) is 45.6 Å². The molecule has 13 heteroatoms. The fourth-order valence-electron chi connectivity index (χ4n) is 3.69. The number of aromatic amines is 1. The van der Waals surface area contributed by atoms with Crippen LogP contribution in [0.2, 0.25) is 5.02 Å². The molecule has 8 nitrogen and oxygen atoms in total. The number of H-pyrrole nitrogens is 1. The van der Waals surface area contributed by atoms with Crippen LogP contribution in [0, 0.1) is 0 Å². The number of nitrogens with zero attached hydrogens (tertiary/aromatic N) is 2. The quantitative estimate of drug-likeness (QED) is 0.146. The van der Waals surface area contributed by atoms with Crippen LogP contribution in [-0.4, -0.2) is 43.7 Å². The summed E-state index contributed by atoms with van der Waals surface area (Å²) < 4.78 is 38.7. The van der Waals surface area contributed by atoms with Gasteiger partial charge in [0.25, 0.3) is 5.91 Å². The van der Waals surface area contributed by atoms with Crippen LogP contribution in [0.1, 0.15) is 44.0 Å². The summed E-state index contributed by atoms with van der Waals surface area (Å²) in [5.74, 6) is -1.01. The molecule has 4 rings (SSSR count). The Kier molecular flexibility index (Phi) is 8.90. The number of carboxylic acids is 1. The molecule has 0 aliphatic rings. The first-order valence-electron chi connectivity index (χ1n) is 11.6. The van der Waals surface area contributed by atoms with Gasteiger partial charge in [-0.15, -0.1) is 0 Å². The largest absolute Gasteiger partial charge is 0.481 e. The highest BCUT2D eigenvalue weighted by molar-refractivity contribution is 7.98. The molecule has 3 N–H and O–H groups in total. The zero-order valence-corrected chi connectivity index (χ0v) is 22.0. The second kappa shape index (κ2) is 12.3. The number of aliphatic carboxylic acids is 1. The SMILES string of the molecule is O=C(O)CCSCc1cccc(C(=O)Nc2ccc(Cl)cc2C(=O)c2c[nH]nc2-c2ccc(C(F)(F)F)nc2)c1. The number of benzene rings is 2. The number of carbonyl (C=O) groups excluding carboxylic acids is 2. The Morgan fingerprint density at radius 2 is 1.85 bits per heavy atom. The van der Waals surface area contributed by atoms with Gasteiger partial charge in [-0.25, -0.2) is 0 Å². The van der Waals surface area contributed by atoms with Gasteiger partial charge in [-0.3, -0.25) is 24.5 Å². The van der Waals surface area contributed by atoms with Crippen molar-refractivity contribution in [2.75, 3.05) is 11.1 Å². The minimum atomic E-state index is -4.62. The number of halogens is 4. The molecule has 0 radical (unpaired) electrons. The molecule has 1 amide bonds. The van der Waals surface area contributed by atoms with Crippen molar-refractivity contribution >= 4 is 46.7 Å². The Morgan fingerprint density at radius 3 is 2.55 bits per heavy atom. The summed E-state index contributed by atoms with van der Waals surface area (Å²) in [5, 5.41) is 18.3. The lowest BCUT2D eigenvalue weighted by atomic mass is 9.99. The number of amides is 1. The van der Waals surface area contributed by atoms with E-state index in [1.54, 1.807) is 18.2 Å². The van der Waals surface area contributed by atoms with Crippen LogP contribution in [0.4, 0.5) is 18.9 Å². The predicted molar refractivity (Wildman–Crippen MR) is 145 cm³/mol. The highest BCUT2D eigenvalue weighted by atomic mass is 35.5. The average Bonchev–Trinajstić information content (AvgIpc) is 3.41. The third-order valence-corrected chi connectivity index (χ3v) is 6.87. The number of ketones is 1. The highest BCUT2D eigenvalue weighted by Crippen LogP contribution is 2.31. The van der Waals surface area contributed by atoms with Gasteiger partial charge in [0.2, 0.25) is 0 Å². The van der Waals surface area contributed by atoms with E-state index in [2.05, 4.69) is 20.5 Å². The van der Waals surface area contributed by atoms with Crippen LogP contribution in [0.3, 0.4) is 0 Å². The number of anilines is 1. The molecule has 40 heavy (non-hydrogen) atoms. The molecule has 0 saturated heterocycles. The number of carboxylic acid groups (broad SMARTS) is 1. The van der Waals surface area contributed by atoms with Crippen LogP contribution in [0.5, 0.6) is 0 Å². The van der Waals surface area contributed by atoms with Crippen LogP contribution >= 0.6 is 23.4 Å². The van der Waals surface area contributed by atoms with Gasteiger partial charge in [0.1, 0.15) is 11.4 Å². The second-order valence-electron chi connectivity index (χ2n) is 8.45. The monoisotopic (exact) mass is 588 g/mol. The topological polar surface area (TPSA) is 125 Å². The van der Waals surface area contributed by atoms with E-state index in [9.17, 15) is 27.6 Å². The molecule has 0 bridgehead atoms. The zero-order valence-electron chi connectivity index (χ0n) is 20.5. The summed E-state index contributed by atoms with van der Waals surface area (Å²) in [5.41, 5.74) is 0.581. The van der Waals surface area contributed by atoms with E-state index in [-0.39, 0.29) is 39.5 Å². The average molecular weight is 589 g/mol. The van der Waals surface area contributed by atoms with Crippen LogP contribution in [0.25, 0.3) is 11.3 Å². The minimum Gasteiger partial charge on any atom is -0.481 e. The molecule has 0 aliphatic heterocycles. The Bertz CT molecular complexity index is 1560. The number of carbonyl (C=O) groups is 3. The van der Waals surface area contributed by atoms with Crippen molar-refractivity contribution in [2.45, 2.75) is 18.3 Å². The molecule has 0 aliphatic carbocycles. The van der Waals surface area contributed by atoms with Gasteiger partial charge in [-0.1, -0.05) is 23.7 Å². The second-order valence-corrected chi connectivity index (χ2v) is 9.99. The van der Waals surface area contributed by atoms with Crippen LogP contribution < -0.4 is 5.32 Å². The van der Waals surface area contributed by atoms with Crippen molar-refractivity contribution in [3.05, 3.63) is 100.0 Å². The minimum absolute atomic E-state index is 0.0337. The number of hydrogen-bond acceptors (Lipinski definition) is 6. The van der Waals surface area contributed by atoms with Gasteiger partial charge in [-0.2, -0.15) is 30.0 Å². The number of thioether (sulfide) groups is 1. The summed E-state index contributed by atoms with van der Waals surface area (Å²) in [6.07, 6.45) is -2.31. The van der Waals surface area contributed by atoms with Crippen molar-refractivity contribution < 1.29 is 32.7 Å². The van der Waals surface area contributed by atoms with E-state index in [4.69, 9.17) is 16.7 Å². The number of hydrogen-bond donors (Lipinski definition) is 3. The number of aromatic nitrogens is 3. The maximum absolute atomic E-state index is 13.6. The maximum Gasteiger partial charge on any atom is 0.433 e. The predicted octanol–water partition coefficient (Wildman–Crippen LogP) is 6.34. The van der Waals surface area contributed by atoms with Crippen molar-refractivity contribution in [1.29, 1.82) is 0 Å². The molecule has 206 valence electrons. The molecule has 2 aromatic carbocycles. The maximum atomic E-state index is 13.6. The molecule has 0 saturated carbocycles. The third-order valence-electron chi connectivity index (χ3n) is 5.60. The lowest BCUT2D eigenvalue weighted by molar-refractivity contribution is -0.141. The van der Waals surface area contributed by atoms with Gasteiger partial charge in [0.15, 0.2) is 5.78 Å². The highest BCUT2D eigenvalue weighted by Gasteiger charge is 2.32. The van der Waals surface area contributed by atoms with Crippen LogP contribution in [-0.2, 0) is 16.7 Å². The van der Waals surface area contributed by atoms with Gasteiger partial charge in [-0.05, 0) is 48.0 Å². The lowest BCUT2D eigenvalue weighted by Gasteiger charge is -2.12. The van der Waals surface area contributed by atoms with E-state index in [0.29, 0.717) is 17.1 Å². The first-order valence-corrected chi connectivity index (χ1v) is 13.2. The zero-order chi connectivity index (χ0) is 28.9. The van der Waals surface area contributed by atoms with Gasteiger partial charge < -0.3 is 10.4 Å². The Hall–Kier alpha value is -4.16. The smallest absolute Gasteiger partial charge is 0.433 e. The van der Waals surface area contributed by atoms with Crippen molar-refractivity contribution in [2.24, 2.45) is 0 Å². The number of nitrogens with one attached hydrogen (secondary N) is 2. The molecule has 2 heterocycles. The normalized spacial score (nSPS) is 11.3. The molecule has 4 aromatic rings. The molecule has 0 spiro atoms. The Labute approximate surface area is 235 Å². The first kappa shape index (κ1) is 28.8. The van der Waals surface area contributed by atoms with Crippen molar-refractivity contribution in [1.82, 2.24) is 15.2 Å². The fraction of sp³-hybridized carbons (Fsp3) is 0.148. The third kappa shape index (κ3) is 7.07. The Morgan fingerprint density at radius 1 is 1.05 bits per heavy atom. The van der Waals surface area contributed by atoms with E-state index in [0.717, 1.165) is 23.9 Å². The van der Waals surface area contributed by atoms with Gasteiger partial charge in [0.05, 0.1) is 17.7 Å². The summed E-state index contributed by atoms with van der Waals surface area (Å²) >= 11 is 7.58. The number of pyridine rings is 1. The molecular formula is C27H20ClF3N4O4S. The summed E-state index contributed by atoms with van der Waals surface area (Å²) in [7, 11) is 0. The molecule has 2 aromatic heterocycles. The van der Waals surface area contributed by atoms with E-state index >= 15 is 0 Å². The fourth-order valence-corrected chi connectivity index (χ4v) is 4.74. The molecule has 0 fully saturated rings. The van der Waals surface area contributed by atoms with E-state index in [1.807, 2.05) is 6.07 Å². The first-order chi connectivity index (χ1) is 19.0. The summed E-state index contributed by atoms with van der Waals surface area (Å²) in [4.78, 5) is 40.7. The van der Waals surface area contributed by atoms with Crippen molar-refractivity contribution in [3.63, 3.8) is 0 Å².